The summed E-state index contributed by atoms with van der Waals surface area (Å²) in [5.41, 5.74) is -3.06. The third-order valence-corrected chi connectivity index (χ3v) is 6.60. The van der Waals surface area contributed by atoms with Crippen molar-refractivity contribution in [3.8, 4) is 0 Å². The van der Waals surface area contributed by atoms with Gasteiger partial charge in [0.15, 0.2) is 5.71 Å². The highest BCUT2D eigenvalue weighted by Gasteiger charge is 2.57. The maximum Gasteiger partial charge on any atom is 0.478 e. The predicted octanol–water partition coefficient (Wildman–Crippen LogP) is 5.76. The molecular formula is C24H32F5NO7S. The van der Waals surface area contributed by atoms with Crippen molar-refractivity contribution in [2.75, 3.05) is 13.2 Å². The van der Waals surface area contributed by atoms with E-state index in [0.29, 0.717) is 25.7 Å². The van der Waals surface area contributed by atoms with Crippen LogP contribution in [0, 0.1) is 5.41 Å². The van der Waals surface area contributed by atoms with Crippen molar-refractivity contribution in [1.82, 2.24) is 0 Å². The Morgan fingerprint density at radius 3 is 1.76 bits per heavy atom. The molecule has 0 heterocycles. The van der Waals surface area contributed by atoms with Crippen LogP contribution in [0.4, 0.5) is 22.0 Å². The summed E-state index contributed by atoms with van der Waals surface area (Å²) < 4.78 is 104. The second-order valence-electron chi connectivity index (χ2n) is 8.98. The maximum absolute atomic E-state index is 14.1. The lowest BCUT2D eigenvalue weighted by molar-refractivity contribution is -0.161. The molecule has 14 heteroatoms. The zero-order valence-electron chi connectivity index (χ0n) is 21.4. The van der Waals surface area contributed by atoms with Crippen LogP contribution in [0.3, 0.4) is 0 Å². The molecule has 0 radical (unpaired) electrons. The molecule has 0 saturated carbocycles. The van der Waals surface area contributed by atoms with Gasteiger partial charge in [0.1, 0.15) is 0 Å². The Morgan fingerprint density at radius 1 is 0.816 bits per heavy atom. The number of benzene rings is 1. The molecule has 216 valence electrons. The third-order valence-electron chi connectivity index (χ3n) is 5.54. The van der Waals surface area contributed by atoms with Crippen LogP contribution in [0.15, 0.2) is 35.5 Å². The lowest BCUT2D eigenvalue weighted by atomic mass is 9.91. The number of hydrogen-bond donors (Lipinski definition) is 0. The molecule has 0 aromatic heterocycles. The summed E-state index contributed by atoms with van der Waals surface area (Å²) in [5.74, 6) is -2.76. The summed E-state index contributed by atoms with van der Waals surface area (Å²) in [6, 6.07) is 5.56. The number of alkyl halides is 5. The van der Waals surface area contributed by atoms with Crippen LogP contribution >= 0.6 is 0 Å². The summed E-state index contributed by atoms with van der Waals surface area (Å²) in [5, 5.41) is -2.93. The molecule has 0 aliphatic rings. The topological polar surface area (TPSA) is 108 Å². The number of esters is 2. The highest BCUT2D eigenvalue weighted by atomic mass is 32.2. The Kier molecular flexibility index (Phi) is 12.6. The molecule has 0 bridgehead atoms. The van der Waals surface area contributed by atoms with Crippen molar-refractivity contribution in [3.05, 3.63) is 35.9 Å². The zero-order valence-corrected chi connectivity index (χ0v) is 22.2. The van der Waals surface area contributed by atoms with Crippen molar-refractivity contribution in [1.29, 1.82) is 0 Å². The van der Waals surface area contributed by atoms with Gasteiger partial charge in [-0.3, -0.25) is 9.08 Å². The Balaban J connectivity index is 2.45. The number of oxime groups is 1. The van der Waals surface area contributed by atoms with Crippen molar-refractivity contribution in [2.45, 2.75) is 77.1 Å². The van der Waals surface area contributed by atoms with E-state index in [1.165, 1.54) is 18.2 Å². The van der Waals surface area contributed by atoms with E-state index in [9.17, 15) is 40.0 Å². The fourth-order valence-corrected chi connectivity index (χ4v) is 3.29. The molecule has 38 heavy (non-hydrogen) atoms. The molecule has 0 N–H and O–H groups in total. The lowest BCUT2D eigenvalue weighted by Crippen LogP contribution is -2.40. The first-order valence-electron chi connectivity index (χ1n) is 11.9. The number of ether oxygens (including phenoxy) is 2. The van der Waals surface area contributed by atoms with Crippen LogP contribution in [0.25, 0.3) is 0 Å². The van der Waals surface area contributed by atoms with Crippen LogP contribution in [0.5, 0.6) is 0 Å². The normalized spacial score (nSPS) is 13.2. The first-order valence-corrected chi connectivity index (χ1v) is 13.3. The molecule has 0 aliphatic carbocycles. The quantitative estimate of drug-likeness (QED) is 0.0814. The van der Waals surface area contributed by atoms with Gasteiger partial charge in [-0.2, -0.15) is 30.4 Å². The molecule has 0 saturated heterocycles. The molecule has 8 nitrogen and oxygen atoms in total. The Morgan fingerprint density at radius 2 is 1.29 bits per heavy atom. The summed E-state index contributed by atoms with van der Waals surface area (Å²) in [7, 11) is -6.23. The van der Waals surface area contributed by atoms with Crippen molar-refractivity contribution in [2.24, 2.45) is 10.6 Å². The van der Waals surface area contributed by atoms with Crippen LogP contribution in [0.1, 0.15) is 71.3 Å². The van der Waals surface area contributed by atoms with Gasteiger partial charge in [0.05, 0.1) is 18.6 Å². The van der Waals surface area contributed by atoms with Crippen molar-refractivity contribution >= 4 is 27.8 Å². The standard InChI is InChI=1S/C24H32F5NO7S/c1-4-22(2,3)20(31)35-16-12-7-5-6-8-13-17-36-21(32)24(28,29)38(33,34)37-30-19(23(25,26)27)18-14-10-9-11-15-18/h9-11,14-15H,4-8,12-13,16-17H2,1-3H3/b30-19+. The minimum absolute atomic E-state index is 0.146. The number of rotatable bonds is 16. The van der Waals surface area contributed by atoms with E-state index in [1.54, 1.807) is 13.8 Å². The second kappa shape index (κ2) is 14.4. The number of unbranched alkanes of at least 4 members (excludes halogenated alkanes) is 5. The maximum atomic E-state index is 14.1. The van der Waals surface area contributed by atoms with E-state index in [4.69, 9.17) is 4.74 Å². The molecule has 0 unspecified atom stereocenters. The molecule has 0 amide bonds. The second-order valence-corrected chi connectivity index (χ2v) is 10.5. The highest BCUT2D eigenvalue weighted by molar-refractivity contribution is 7.88. The van der Waals surface area contributed by atoms with Gasteiger partial charge in [-0.25, -0.2) is 4.79 Å². The van der Waals surface area contributed by atoms with Gasteiger partial charge in [0.25, 0.3) is 0 Å². The average molecular weight is 574 g/mol. The smallest absolute Gasteiger partial charge is 0.465 e. The Labute approximate surface area is 218 Å². The molecule has 0 aliphatic heterocycles. The summed E-state index contributed by atoms with van der Waals surface area (Å²) in [6.07, 6.45) is -1.18. The zero-order chi connectivity index (χ0) is 29.0. The number of hydrogen-bond acceptors (Lipinski definition) is 8. The van der Waals surface area contributed by atoms with Gasteiger partial charge in [-0.05, 0) is 33.1 Å². The van der Waals surface area contributed by atoms with E-state index >= 15 is 0 Å². The van der Waals surface area contributed by atoms with Gasteiger partial charge in [-0.1, -0.05) is 68.1 Å². The molecule has 1 rings (SSSR count). The van der Waals surface area contributed by atoms with Gasteiger partial charge < -0.3 is 9.47 Å². The highest BCUT2D eigenvalue weighted by Crippen LogP contribution is 2.28. The van der Waals surface area contributed by atoms with Gasteiger partial charge >= 0.3 is 33.5 Å². The summed E-state index contributed by atoms with van der Waals surface area (Å²) >= 11 is 0. The van der Waals surface area contributed by atoms with E-state index < -0.39 is 50.8 Å². The minimum atomic E-state index is -6.23. The first-order chi connectivity index (χ1) is 17.6. The summed E-state index contributed by atoms with van der Waals surface area (Å²) in [4.78, 5) is 23.5. The minimum Gasteiger partial charge on any atom is -0.465 e. The van der Waals surface area contributed by atoms with Gasteiger partial charge in [-0.15, -0.1) is 0 Å². The predicted molar refractivity (Wildman–Crippen MR) is 128 cm³/mol. The largest absolute Gasteiger partial charge is 0.478 e. The average Bonchev–Trinajstić information content (AvgIpc) is 2.84. The molecule has 1 aromatic carbocycles. The summed E-state index contributed by atoms with van der Waals surface area (Å²) in [6.45, 7) is 5.23. The fraction of sp³-hybridized carbons (Fsp3) is 0.625. The molecular weight excluding hydrogens is 541 g/mol. The Hall–Kier alpha value is -2.77. The molecule has 1 aromatic rings. The molecule has 0 spiro atoms. The first kappa shape index (κ1) is 33.3. The van der Waals surface area contributed by atoms with Crippen LogP contribution in [0.2, 0.25) is 0 Å². The van der Waals surface area contributed by atoms with E-state index in [0.717, 1.165) is 25.0 Å². The third kappa shape index (κ3) is 10.2. The SMILES string of the molecule is CCC(C)(C)C(=O)OCCCCCCCCOC(=O)C(F)(F)S(=O)(=O)O/N=C(\c1ccccc1)C(F)(F)F. The van der Waals surface area contributed by atoms with E-state index in [1.807, 2.05) is 6.92 Å². The number of nitrogens with zero attached hydrogens (tertiary/aromatic N) is 1. The molecule has 0 atom stereocenters. The lowest BCUT2D eigenvalue weighted by Gasteiger charge is -2.20. The van der Waals surface area contributed by atoms with Crippen LogP contribution in [-0.2, 0) is 33.5 Å². The van der Waals surface area contributed by atoms with Crippen LogP contribution < -0.4 is 0 Å². The van der Waals surface area contributed by atoms with Crippen molar-refractivity contribution in [3.63, 3.8) is 0 Å². The monoisotopic (exact) mass is 573 g/mol. The molecule has 0 fully saturated rings. The fourth-order valence-electron chi connectivity index (χ4n) is 2.76. The van der Waals surface area contributed by atoms with Gasteiger partial charge in [0.2, 0.25) is 0 Å². The van der Waals surface area contributed by atoms with Crippen molar-refractivity contribution < 1.29 is 53.7 Å². The number of halogens is 5. The number of carbonyl (C=O) groups excluding carboxylic acids is 2. The number of carbonyl (C=O) groups is 2. The van der Waals surface area contributed by atoms with Crippen LogP contribution in [-0.4, -0.2) is 50.7 Å². The van der Waals surface area contributed by atoms with E-state index in [2.05, 4.69) is 14.2 Å². The Bertz CT molecular complexity index is 1040. The van der Waals surface area contributed by atoms with E-state index in [-0.39, 0.29) is 19.0 Å². The van der Waals surface area contributed by atoms with Gasteiger partial charge in [0, 0.05) is 5.56 Å².